The van der Waals surface area contributed by atoms with Crippen molar-refractivity contribution < 1.29 is 9.53 Å². The highest BCUT2D eigenvalue weighted by Gasteiger charge is 2.33. The van der Waals surface area contributed by atoms with Crippen molar-refractivity contribution in [3.63, 3.8) is 0 Å². The molecule has 2 N–H and O–H groups in total. The molecule has 8 nitrogen and oxygen atoms in total. The molecule has 0 radical (unpaired) electrons. The van der Waals surface area contributed by atoms with Crippen LogP contribution in [0.15, 0.2) is 18.5 Å². The first-order valence-electron chi connectivity index (χ1n) is 7.96. The maximum absolute atomic E-state index is 12.5. The van der Waals surface area contributed by atoms with E-state index in [1.807, 2.05) is 32.0 Å². The van der Waals surface area contributed by atoms with Gasteiger partial charge in [-0.3, -0.25) is 14.9 Å². The number of nitrogens with one attached hydrogen (secondary N) is 2. The lowest BCUT2D eigenvalue weighted by atomic mass is 10.0. The first-order chi connectivity index (χ1) is 11.6. The summed E-state index contributed by atoms with van der Waals surface area (Å²) in [5.74, 6) is 1.43. The van der Waals surface area contributed by atoms with Crippen LogP contribution in [0.5, 0.6) is 0 Å². The molecular formula is C16H22N6O2. The van der Waals surface area contributed by atoms with Gasteiger partial charge in [-0.1, -0.05) is 0 Å². The summed E-state index contributed by atoms with van der Waals surface area (Å²) < 4.78 is 5.75. The van der Waals surface area contributed by atoms with Crippen molar-refractivity contribution in [3.05, 3.63) is 35.7 Å². The van der Waals surface area contributed by atoms with E-state index in [0.29, 0.717) is 24.5 Å². The molecule has 1 amide bonds. The van der Waals surface area contributed by atoms with Gasteiger partial charge in [0.25, 0.3) is 5.91 Å². The van der Waals surface area contributed by atoms with E-state index in [9.17, 15) is 4.79 Å². The molecule has 24 heavy (non-hydrogen) atoms. The number of H-pyrrole nitrogens is 1. The number of amides is 1. The lowest BCUT2D eigenvalue weighted by Crippen LogP contribution is -2.32. The van der Waals surface area contributed by atoms with E-state index in [2.05, 4.69) is 25.5 Å². The Morgan fingerprint density at radius 1 is 1.50 bits per heavy atom. The van der Waals surface area contributed by atoms with Gasteiger partial charge in [-0.2, -0.15) is 5.10 Å². The molecule has 0 saturated carbocycles. The molecule has 2 aromatic rings. The maximum Gasteiger partial charge on any atom is 0.254 e. The topological polar surface area (TPSA) is 96.0 Å². The van der Waals surface area contributed by atoms with E-state index in [1.54, 1.807) is 12.4 Å². The van der Waals surface area contributed by atoms with Gasteiger partial charge in [0, 0.05) is 45.6 Å². The van der Waals surface area contributed by atoms with E-state index in [4.69, 9.17) is 4.74 Å². The van der Waals surface area contributed by atoms with Gasteiger partial charge in [-0.05, 0) is 19.4 Å². The Labute approximate surface area is 140 Å². The summed E-state index contributed by atoms with van der Waals surface area (Å²) in [7, 11) is 3.80. The standard InChI is InChI=1S/C16H22N6O2/c1-10-19-15(21-20-10)14-11(5-7-24-14)8-18-16(23)12-9-17-6-4-13(12)22(2)3/h4,6,9,11,14H,5,7-8H2,1-3H3,(H,18,23)(H,19,20,21)/t11-,14-/m0/s1. The summed E-state index contributed by atoms with van der Waals surface area (Å²) >= 11 is 0. The van der Waals surface area contributed by atoms with Crippen LogP contribution in [0.25, 0.3) is 0 Å². The van der Waals surface area contributed by atoms with Crippen LogP contribution < -0.4 is 10.2 Å². The smallest absolute Gasteiger partial charge is 0.254 e. The highest BCUT2D eigenvalue weighted by Crippen LogP contribution is 2.32. The predicted molar refractivity (Wildman–Crippen MR) is 88.8 cm³/mol. The van der Waals surface area contributed by atoms with Crippen LogP contribution in [0.1, 0.15) is 34.5 Å². The van der Waals surface area contributed by atoms with Gasteiger partial charge in [-0.25, -0.2) is 4.98 Å². The fourth-order valence-corrected chi connectivity index (χ4v) is 2.89. The monoisotopic (exact) mass is 330 g/mol. The fraction of sp³-hybridized carbons (Fsp3) is 0.500. The van der Waals surface area contributed by atoms with Crippen LogP contribution in [0.2, 0.25) is 0 Å². The van der Waals surface area contributed by atoms with E-state index in [1.165, 1.54) is 0 Å². The zero-order chi connectivity index (χ0) is 17.1. The van der Waals surface area contributed by atoms with Crippen LogP contribution >= 0.6 is 0 Å². The molecule has 3 heterocycles. The third-order valence-corrected chi connectivity index (χ3v) is 4.13. The summed E-state index contributed by atoms with van der Waals surface area (Å²) in [5, 5.41) is 10.0. The molecule has 3 rings (SSSR count). The van der Waals surface area contributed by atoms with E-state index in [-0.39, 0.29) is 17.9 Å². The number of carbonyl (C=O) groups excluding carboxylic acids is 1. The van der Waals surface area contributed by atoms with Gasteiger partial charge >= 0.3 is 0 Å². The quantitative estimate of drug-likeness (QED) is 0.852. The molecule has 1 aliphatic rings. The van der Waals surface area contributed by atoms with Crippen molar-refractivity contribution in [3.8, 4) is 0 Å². The van der Waals surface area contributed by atoms with Crippen molar-refractivity contribution in [2.75, 3.05) is 32.1 Å². The molecule has 2 atom stereocenters. The second-order valence-corrected chi connectivity index (χ2v) is 6.12. The Hall–Kier alpha value is -2.48. The van der Waals surface area contributed by atoms with Gasteiger partial charge in [0.15, 0.2) is 5.82 Å². The predicted octanol–water partition coefficient (Wildman–Crippen LogP) is 1.08. The van der Waals surface area contributed by atoms with E-state index >= 15 is 0 Å². The largest absolute Gasteiger partial charge is 0.377 e. The average Bonchev–Trinajstić information content (AvgIpc) is 3.21. The summed E-state index contributed by atoms with van der Waals surface area (Å²) in [6, 6.07) is 1.83. The average molecular weight is 330 g/mol. The van der Waals surface area contributed by atoms with Crippen LogP contribution in [0.3, 0.4) is 0 Å². The lowest BCUT2D eigenvalue weighted by Gasteiger charge is -2.19. The lowest BCUT2D eigenvalue weighted by molar-refractivity contribution is 0.0798. The van der Waals surface area contributed by atoms with Crippen LogP contribution in [0.4, 0.5) is 5.69 Å². The Bertz CT molecular complexity index is 714. The minimum atomic E-state index is -0.183. The third-order valence-electron chi connectivity index (χ3n) is 4.13. The number of aryl methyl sites for hydroxylation is 1. The van der Waals surface area contributed by atoms with Crippen molar-refractivity contribution in [2.24, 2.45) is 5.92 Å². The Kier molecular flexibility index (Phi) is 4.75. The van der Waals surface area contributed by atoms with Crippen LogP contribution in [0, 0.1) is 12.8 Å². The number of nitrogens with zero attached hydrogens (tertiary/aromatic N) is 4. The molecule has 0 aliphatic carbocycles. The Morgan fingerprint density at radius 3 is 3.04 bits per heavy atom. The summed E-state index contributed by atoms with van der Waals surface area (Å²) in [4.78, 5) is 22.8. The number of ether oxygens (including phenoxy) is 1. The van der Waals surface area contributed by atoms with Crippen molar-refractivity contribution in [1.29, 1.82) is 0 Å². The maximum atomic E-state index is 12.5. The fourth-order valence-electron chi connectivity index (χ4n) is 2.89. The molecular weight excluding hydrogens is 308 g/mol. The van der Waals surface area contributed by atoms with E-state index in [0.717, 1.165) is 17.9 Å². The minimum Gasteiger partial charge on any atom is -0.377 e. The summed E-state index contributed by atoms with van der Waals surface area (Å²) in [6.07, 6.45) is 3.95. The first-order valence-corrected chi connectivity index (χ1v) is 7.96. The van der Waals surface area contributed by atoms with Gasteiger partial charge < -0.3 is 15.0 Å². The van der Waals surface area contributed by atoms with Crippen molar-refractivity contribution >= 4 is 11.6 Å². The molecule has 1 saturated heterocycles. The van der Waals surface area contributed by atoms with Crippen LogP contribution in [-0.2, 0) is 4.74 Å². The summed E-state index contributed by atoms with van der Waals surface area (Å²) in [6.45, 7) is 3.01. The van der Waals surface area contributed by atoms with Gasteiger partial charge in [-0.15, -0.1) is 0 Å². The van der Waals surface area contributed by atoms with E-state index < -0.39 is 0 Å². The molecule has 2 aromatic heterocycles. The number of hydrogen-bond donors (Lipinski definition) is 2. The van der Waals surface area contributed by atoms with Gasteiger partial charge in [0.05, 0.1) is 11.3 Å². The third kappa shape index (κ3) is 3.38. The highest BCUT2D eigenvalue weighted by atomic mass is 16.5. The number of hydrogen-bond acceptors (Lipinski definition) is 6. The number of rotatable bonds is 5. The minimum absolute atomic E-state index is 0.136. The number of aromatic amines is 1. The number of carbonyl (C=O) groups is 1. The number of pyridine rings is 1. The van der Waals surface area contributed by atoms with Gasteiger partial charge in [0.2, 0.25) is 0 Å². The first kappa shape index (κ1) is 16.4. The molecule has 128 valence electrons. The molecule has 0 aromatic carbocycles. The highest BCUT2D eigenvalue weighted by molar-refractivity contribution is 5.99. The molecule has 8 heteroatoms. The molecule has 1 fully saturated rings. The molecule has 0 unspecified atom stereocenters. The van der Waals surface area contributed by atoms with Crippen molar-refractivity contribution in [1.82, 2.24) is 25.5 Å². The van der Waals surface area contributed by atoms with Gasteiger partial charge in [0.1, 0.15) is 11.9 Å². The number of anilines is 1. The Balaban J connectivity index is 1.66. The Morgan fingerprint density at radius 2 is 2.33 bits per heavy atom. The second kappa shape index (κ2) is 6.96. The van der Waals surface area contributed by atoms with Crippen LogP contribution in [-0.4, -0.2) is 53.3 Å². The second-order valence-electron chi connectivity index (χ2n) is 6.12. The zero-order valence-corrected chi connectivity index (χ0v) is 14.1. The zero-order valence-electron chi connectivity index (χ0n) is 14.1. The molecule has 0 spiro atoms. The SMILES string of the molecule is Cc1nc([C@H]2OCC[C@H]2CNC(=O)c2cnccc2N(C)C)n[nH]1. The van der Waals surface area contributed by atoms with Crippen molar-refractivity contribution in [2.45, 2.75) is 19.4 Å². The normalized spacial score (nSPS) is 20.1. The molecule has 1 aliphatic heterocycles. The number of aromatic nitrogens is 4. The molecule has 0 bridgehead atoms. The summed E-state index contributed by atoms with van der Waals surface area (Å²) in [5.41, 5.74) is 1.40.